The lowest BCUT2D eigenvalue weighted by Gasteiger charge is -2.10. The van der Waals surface area contributed by atoms with Gasteiger partial charge in [0.05, 0.1) is 11.0 Å². The smallest absolute Gasteiger partial charge is 0.373 e. The Bertz CT molecular complexity index is 794. The highest BCUT2D eigenvalue weighted by Crippen LogP contribution is 2.28. The molecule has 2 aromatic heterocycles. The van der Waals surface area contributed by atoms with Crippen molar-refractivity contribution < 1.29 is 13.2 Å². The van der Waals surface area contributed by atoms with Crippen molar-refractivity contribution in [1.29, 1.82) is 0 Å². The van der Waals surface area contributed by atoms with Gasteiger partial charge < -0.3 is 5.32 Å². The van der Waals surface area contributed by atoms with Crippen LogP contribution in [-0.4, -0.2) is 26.6 Å². The summed E-state index contributed by atoms with van der Waals surface area (Å²) in [5, 5.41) is 2.61. The van der Waals surface area contributed by atoms with E-state index in [2.05, 4.69) is 20.3 Å². The Hall–Kier alpha value is -2.64. The molecule has 8 heteroatoms. The lowest BCUT2D eigenvalue weighted by atomic mass is 10.3. The number of nitrogens with one attached hydrogen (secondary N) is 1. The van der Waals surface area contributed by atoms with Crippen LogP contribution in [0.2, 0.25) is 0 Å². The van der Waals surface area contributed by atoms with Gasteiger partial charge in [-0.05, 0) is 12.1 Å². The van der Waals surface area contributed by atoms with Crippen molar-refractivity contribution >= 4 is 16.9 Å². The van der Waals surface area contributed by atoms with Crippen LogP contribution < -0.4 is 5.32 Å². The van der Waals surface area contributed by atoms with Crippen LogP contribution in [0.25, 0.3) is 16.9 Å². The first-order valence-electron chi connectivity index (χ1n) is 6.05. The fourth-order valence-corrected chi connectivity index (χ4v) is 1.95. The van der Waals surface area contributed by atoms with E-state index >= 15 is 0 Å². The molecule has 1 N–H and O–H groups in total. The maximum Gasteiger partial charge on any atom is 0.451 e. The van der Waals surface area contributed by atoms with Crippen LogP contribution in [0.4, 0.5) is 19.0 Å². The number of halogens is 3. The molecule has 3 aromatic rings. The molecule has 0 aliphatic heterocycles. The number of fused-ring (bicyclic) bond motifs is 1. The Kier molecular flexibility index (Phi) is 3.00. The van der Waals surface area contributed by atoms with Crippen molar-refractivity contribution in [2.45, 2.75) is 6.18 Å². The predicted octanol–water partition coefficient (Wildman–Crippen LogP) is 2.88. The Morgan fingerprint density at radius 3 is 2.62 bits per heavy atom. The second kappa shape index (κ2) is 4.72. The lowest BCUT2D eigenvalue weighted by Crippen LogP contribution is -2.14. The van der Waals surface area contributed by atoms with E-state index in [1.54, 1.807) is 24.3 Å². The molecule has 108 valence electrons. The number of rotatable bonds is 2. The molecular weight excluding hydrogens is 283 g/mol. The number of nitrogens with zero attached hydrogens (tertiary/aromatic N) is 4. The van der Waals surface area contributed by atoms with Crippen molar-refractivity contribution in [3.8, 4) is 5.82 Å². The fourth-order valence-electron chi connectivity index (χ4n) is 1.95. The first-order valence-corrected chi connectivity index (χ1v) is 6.05. The molecule has 2 heterocycles. The van der Waals surface area contributed by atoms with Gasteiger partial charge in [0, 0.05) is 13.1 Å². The van der Waals surface area contributed by atoms with E-state index in [-0.39, 0.29) is 11.6 Å². The van der Waals surface area contributed by atoms with E-state index in [9.17, 15) is 13.2 Å². The van der Waals surface area contributed by atoms with Crippen molar-refractivity contribution in [3.05, 3.63) is 42.5 Å². The summed E-state index contributed by atoms with van der Waals surface area (Å²) in [7, 11) is 1.50. The number of imidazole rings is 1. The van der Waals surface area contributed by atoms with Gasteiger partial charge in [0.1, 0.15) is 18.0 Å². The minimum atomic E-state index is -4.61. The molecule has 21 heavy (non-hydrogen) atoms. The molecule has 0 atom stereocenters. The van der Waals surface area contributed by atoms with Gasteiger partial charge in [-0.15, -0.1) is 0 Å². The van der Waals surface area contributed by atoms with Gasteiger partial charge in [0.15, 0.2) is 0 Å². The summed E-state index contributed by atoms with van der Waals surface area (Å²) in [5.41, 5.74) is 1.35. The Labute approximate surface area is 117 Å². The second-order valence-corrected chi connectivity index (χ2v) is 4.29. The van der Waals surface area contributed by atoms with Crippen molar-refractivity contribution in [2.24, 2.45) is 0 Å². The van der Waals surface area contributed by atoms with E-state index in [1.165, 1.54) is 24.0 Å². The third-order valence-corrected chi connectivity index (χ3v) is 2.92. The Balaban J connectivity index is 2.22. The molecule has 5 nitrogen and oxygen atoms in total. The summed E-state index contributed by atoms with van der Waals surface area (Å²) >= 11 is 0. The molecule has 0 unspecified atom stereocenters. The molecule has 0 bridgehead atoms. The van der Waals surface area contributed by atoms with E-state index in [4.69, 9.17) is 0 Å². The van der Waals surface area contributed by atoms with Crippen LogP contribution in [0.1, 0.15) is 5.82 Å². The first kappa shape index (κ1) is 13.3. The Morgan fingerprint density at radius 2 is 1.90 bits per heavy atom. The molecule has 3 rings (SSSR count). The van der Waals surface area contributed by atoms with Crippen LogP contribution in [-0.2, 0) is 6.18 Å². The van der Waals surface area contributed by atoms with E-state index in [1.807, 2.05) is 0 Å². The summed E-state index contributed by atoms with van der Waals surface area (Å²) in [6, 6.07) is 8.56. The largest absolute Gasteiger partial charge is 0.451 e. The van der Waals surface area contributed by atoms with E-state index in [0.29, 0.717) is 11.0 Å². The monoisotopic (exact) mass is 293 g/mol. The van der Waals surface area contributed by atoms with Crippen LogP contribution in [0.5, 0.6) is 0 Å². The maximum atomic E-state index is 12.9. The first-order chi connectivity index (χ1) is 9.99. The average molecular weight is 293 g/mol. The van der Waals surface area contributed by atoms with E-state index < -0.39 is 12.0 Å². The van der Waals surface area contributed by atoms with Crippen molar-refractivity contribution in [1.82, 2.24) is 19.5 Å². The summed E-state index contributed by atoms with van der Waals surface area (Å²) < 4.78 is 40.1. The zero-order valence-electron chi connectivity index (χ0n) is 10.9. The van der Waals surface area contributed by atoms with Crippen LogP contribution in [0, 0.1) is 0 Å². The fraction of sp³-hybridized carbons (Fsp3) is 0.154. The molecule has 0 spiro atoms. The van der Waals surface area contributed by atoms with Gasteiger partial charge in [-0.2, -0.15) is 13.2 Å². The molecule has 1 aromatic carbocycles. The average Bonchev–Trinajstić information content (AvgIpc) is 2.89. The number of para-hydroxylation sites is 2. The zero-order chi connectivity index (χ0) is 15.0. The van der Waals surface area contributed by atoms with Gasteiger partial charge >= 0.3 is 6.18 Å². The molecule has 0 fully saturated rings. The van der Waals surface area contributed by atoms with Crippen LogP contribution >= 0.6 is 0 Å². The van der Waals surface area contributed by atoms with Crippen molar-refractivity contribution in [3.63, 3.8) is 0 Å². The van der Waals surface area contributed by atoms with E-state index in [0.717, 1.165) is 0 Å². The molecular formula is C13H10F3N5. The van der Waals surface area contributed by atoms with Gasteiger partial charge in [-0.1, -0.05) is 12.1 Å². The highest BCUT2D eigenvalue weighted by atomic mass is 19.4. The number of alkyl halides is 3. The van der Waals surface area contributed by atoms with Crippen LogP contribution in [0.15, 0.2) is 36.7 Å². The predicted molar refractivity (Wildman–Crippen MR) is 71.2 cm³/mol. The molecule has 0 aliphatic rings. The van der Waals surface area contributed by atoms with Crippen molar-refractivity contribution in [2.75, 3.05) is 12.4 Å². The topological polar surface area (TPSA) is 55.6 Å². The second-order valence-electron chi connectivity index (χ2n) is 4.29. The summed E-state index contributed by atoms with van der Waals surface area (Å²) in [5.74, 6) is -0.998. The molecule has 0 amide bonds. The number of hydrogen-bond acceptors (Lipinski definition) is 4. The zero-order valence-corrected chi connectivity index (χ0v) is 10.9. The highest BCUT2D eigenvalue weighted by Gasteiger charge is 2.35. The normalized spacial score (nSPS) is 11.8. The molecule has 0 saturated carbocycles. The third kappa shape index (κ3) is 2.39. The summed E-state index contributed by atoms with van der Waals surface area (Å²) in [6.07, 6.45) is -3.18. The van der Waals surface area contributed by atoms with Gasteiger partial charge in [0.2, 0.25) is 5.82 Å². The number of hydrogen-bond donors (Lipinski definition) is 1. The van der Waals surface area contributed by atoms with Gasteiger partial charge in [-0.3, -0.25) is 4.57 Å². The quantitative estimate of drug-likeness (QED) is 0.789. The highest BCUT2D eigenvalue weighted by molar-refractivity contribution is 5.76. The number of benzene rings is 1. The summed E-state index contributed by atoms with van der Waals surface area (Å²) in [6.45, 7) is 0. The molecule has 0 radical (unpaired) electrons. The molecule has 0 saturated heterocycles. The number of aromatic nitrogens is 4. The minimum Gasteiger partial charge on any atom is -0.373 e. The number of anilines is 1. The van der Waals surface area contributed by atoms with Gasteiger partial charge in [0.25, 0.3) is 0 Å². The Morgan fingerprint density at radius 1 is 1.14 bits per heavy atom. The SMILES string of the molecule is CNc1cc(-n2cnc3ccccc32)nc(C(F)(F)F)n1. The maximum absolute atomic E-state index is 12.9. The lowest BCUT2D eigenvalue weighted by molar-refractivity contribution is -0.144. The molecule has 0 aliphatic carbocycles. The van der Waals surface area contributed by atoms with Crippen LogP contribution in [0.3, 0.4) is 0 Å². The minimum absolute atomic E-state index is 0.0881. The standard InChI is InChI=1S/C13H10F3N5/c1-17-10-6-11(20-12(19-10)13(14,15)16)21-7-18-8-4-2-3-5-9(8)21/h2-7H,1H3,(H,17,19,20). The summed E-state index contributed by atoms with van der Waals surface area (Å²) in [4.78, 5) is 11.2. The third-order valence-electron chi connectivity index (χ3n) is 2.92. The van der Waals surface area contributed by atoms with Gasteiger partial charge in [-0.25, -0.2) is 15.0 Å².